The first-order chi connectivity index (χ1) is 27.8. The van der Waals surface area contributed by atoms with Crippen LogP contribution in [-0.2, 0) is 41.7 Å². The van der Waals surface area contributed by atoms with Gasteiger partial charge in [0, 0.05) is 48.2 Å². The molecule has 2 N–H and O–H groups in total. The highest BCUT2D eigenvalue weighted by Gasteiger charge is 2.44. The van der Waals surface area contributed by atoms with Gasteiger partial charge in [-0.2, -0.15) is 18.4 Å². The van der Waals surface area contributed by atoms with Gasteiger partial charge in [0.25, 0.3) is 0 Å². The first-order valence-electron chi connectivity index (χ1n) is 19.6. The summed E-state index contributed by atoms with van der Waals surface area (Å²) in [4.78, 5) is 34.7. The largest absolute Gasteiger partial charge is 0.481 e. The van der Waals surface area contributed by atoms with Gasteiger partial charge < -0.3 is 19.9 Å². The number of carbonyl (C=O) groups is 2. The SMILES string of the molecule is COc1nc(C[C@H]2CCc3c(-c4cccc(-c5ccc(CNC[C@@H]6CCC(=O)C6)c(OCC#N)n5)c4Cl)cccc32)c(C(F)(F)F)cc1CN1CCC[C@]1(C)C(=O)O. The van der Waals surface area contributed by atoms with Crippen molar-refractivity contribution in [3.05, 3.63) is 93.1 Å². The average molecular weight is 816 g/mol. The van der Waals surface area contributed by atoms with Crippen LogP contribution in [0.3, 0.4) is 0 Å². The standard InChI is InChI=1S/C44H45ClF3N5O5/c1-43(42(55)56)16-5-18-53(43)25-29-21-36(44(46,47)48)38(52-40(29)57-2)22-27-11-14-33-31(27)6-3-7-32(33)34-8-4-9-35(39(34)45)37-15-12-28(41(51-37)58-19-17-49)24-50-23-26-10-13-30(54)20-26/h3-4,6-9,12,15,21,26-27,50H,5,10-11,13-14,16,18-20,22-25H2,1-2H3,(H,55,56)/t26-,27-,43-/m1/s1. The smallest absolute Gasteiger partial charge is 0.418 e. The van der Waals surface area contributed by atoms with Gasteiger partial charge in [-0.25, -0.2) is 9.97 Å². The van der Waals surface area contributed by atoms with E-state index < -0.39 is 23.2 Å². The number of likely N-dealkylation sites (tertiary alicyclic amines) is 1. The second-order valence-corrected chi connectivity index (χ2v) is 16.0. The summed E-state index contributed by atoms with van der Waals surface area (Å²) in [7, 11) is 1.36. The molecule has 3 heterocycles. The summed E-state index contributed by atoms with van der Waals surface area (Å²) in [6.07, 6.45) is -0.348. The van der Waals surface area contributed by atoms with E-state index in [1.807, 2.05) is 54.6 Å². The van der Waals surface area contributed by atoms with E-state index in [2.05, 4.69) is 10.3 Å². The number of aromatic nitrogens is 2. The molecule has 14 heteroatoms. The number of ketones is 1. The van der Waals surface area contributed by atoms with Crippen molar-refractivity contribution in [2.24, 2.45) is 5.92 Å². The van der Waals surface area contributed by atoms with Crippen LogP contribution in [0, 0.1) is 17.2 Å². The zero-order valence-corrected chi connectivity index (χ0v) is 33.2. The summed E-state index contributed by atoms with van der Waals surface area (Å²) in [6, 6.07) is 18.3. The Balaban J connectivity index is 1.15. The van der Waals surface area contributed by atoms with Crippen LogP contribution in [0.1, 0.15) is 84.9 Å². The molecule has 0 spiro atoms. The number of carboxylic acid groups (broad SMARTS) is 1. The number of nitriles is 1. The maximum Gasteiger partial charge on any atom is 0.418 e. The number of carbonyl (C=O) groups excluding carboxylic acids is 1. The Hall–Kier alpha value is -5.03. The number of benzene rings is 2. The Morgan fingerprint density at radius 2 is 1.84 bits per heavy atom. The predicted octanol–water partition coefficient (Wildman–Crippen LogP) is 8.56. The quantitative estimate of drug-likeness (QED) is 0.127. The van der Waals surface area contributed by atoms with E-state index >= 15 is 0 Å². The third-order valence-electron chi connectivity index (χ3n) is 12.0. The van der Waals surface area contributed by atoms with Crippen molar-refractivity contribution in [2.75, 3.05) is 26.8 Å². The van der Waals surface area contributed by atoms with E-state index in [1.54, 1.807) is 11.8 Å². The van der Waals surface area contributed by atoms with Crippen molar-refractivity contribution < 1.29 is 37.3 Å². The van der Waals surface area contributed by atoms with Gasteiger partial charge in [0.15, 0.2) is 6.61 Å². The molecule has 58 heavy (non-hydrogen) atoms. The van der Waals surface area contributed by atoms with Crippen LogP contribution in [0.15, 0.2) is 54.6 Å². The number of halogens is 4. The summed E-state index contributed by atoms with van der Waals surface area (Å²) in [5.74, 6) is -0.319. The number of rotatable bonds is 14. The van der Waals surface area contributed by atoms with Crippen LogP contribution in [-0.4, -0.2) is 64.1 Å². The van der Waals surface area contributed by atoms with Gasteiger partial charge in [-0.05, 0) is 99.2 Å². The van der Waals surface area contributed by atoms with Gasteiger partial charge in [0.2, 0.25) is 11.8 Å². The summed E-state index contributed by atoms with van der Waals surface area (Å²) >= 11 is 7.17. The van der Waals surface area contributed by atoms with Crippen LogP contribution in [0.2, 0.25) is 5.02 Å². The third kappa shape index (κ3) is 8.42. The Morgan fingerprint density at radius 1 is 1.07 bits per heavy atom. The van der Waals surface area contributed by atoms with Crippen molar-refractivity contribution in [2.45, 2.75) is 89.0 Å². The molecule has 0 bridgehead atoms. The number of carboxylic acids is 1. The maximum absolute atomic E-state index is 14.7. The van der Waals surface area contributed by atoms with Crippen molar-refractivity contribution in [1.29, 1.82) is 5.26 Å². The molecule has 1 saturated heterocycles. The normalized spacial score (nSPS) is 20.6. The minimum atomic E-state index is -4.69. The molecule has 2 aromatic heterocycles. The monoisotopic (exact) mass is 815 g/mol. The first kappa shape index (κ1) is 41.1. The fraction of sp³-hybridized carbons (Fsp3) is 0.432. The van der Waals surface area contributed by atoms with E-state index in [0.717, 1.165) is 40.3 Å². The topological polar surface area (TPSA) is 138 Å². The molecule has 2 aromatic carbocycles. The van der Waals surface area contributed by atoms with Gasteiger partial charge in [0.1, 0.15) is 17.4 Å². The van der Waals surface area contributed by atoms with E-state index in [4.69, 9.17) is 26.1 Å². The number of hydrogen-bond donors (Lipinski definition) is 2. The highest BCUT2D eigenvalue weighted by Crippen LogP contribution is 2.46. The van der Waals surface area contributed by atoms with Crippen LogP contribution < -0.4 is 14.8 Å². The minimum Gasteiger partial charge on any atom is -0.481 e. The number of Topliss-reactive ketones (excluding diaryl/α,β-unsaturated/α-hetero) is 1. The second kappa shape index (κ2) is 17.1. The second-order valence-electron chi connectivity index (χ2n) is 15.6. The fourth-order valence-corrected chi connectivity index (χ4v) is 9.14. The third-order valence-corrected chi connectivity index (χ3v) is 12.4. The number of hydrogen-bond acceptors (Lipinski definition) is 9. The van der Waals surface area contributed by atoms with Crippen molar-refractivity contribution in [1.82, 2.24) is 20.2 Å². The number of nitrogens with zero attached hydrogens (tertiary/aromatic N) is 4. The zero-order chi connectivity index (χ0) is 41.2. The first-order valence-corrected chi connectivity index (χ1v) is 19.9. The predicted molar refractivity (Wildman–Crippen MR) is 212 cm³/mol. The lowest BCUT2D eigenvalue weighted by atomic mass is 9.90. The molecule has 3 atom stereocenters. The molecule has 0 radical (unpaired) electrons. The highest BCUT2D eigenvalue weighted by molar-refractivity contribution is 6.36. The Kier molecular flexibility index (Phi) is 12.1. The van der Waals surface area contributed by atoms with Gasteiger partial charge in [-0.3, -0.25) is 14.5 Å². The average Bonchev–Trinajstić information content (AvgIpc) is 3.92. The van der Waals surface area contributed by atoms with Gasteiger partial charge in [-0.1, -0.05) is 54.1 Å². The summed E-state index contributed by atoms with van der Waals surface area (Å²) in [5.41, 5.74) is 3.57. The maximum atomic E-state index is 14.7. The van der Waals surface area contributed by atoms with E-state index in [0.29, 0.717) is 86.2 Å². The number of nitrogens with one attached hydrogen (secondary N) is 1. The summed E-state index contributed by atoms with van der Waals surface area (Å²) in [5, 5.41) is 23.0. The summed E-state index contributed by atoms with van der Waals surface area (Å²) < 4.78 is 55.4. The molecule has 0 unspecified atom stereocenters. The molecule has 1 saturated carbocycles. The molecule has 0 amide bonds. The number of ether oxygens (including phenoxy) is 2. The van der Waals surface area contributed by atoms with Crippen LogP contribution in [0.5, 0.6) is 11.8 Å². The Morgan fingerprint density at radius 3 is 2.57 bits per heavy atom. The highest BCUT2D eigenvalue weighted by atomic mass is 35.5. The lowest BCUT2D eigenvalue weighted by Gasteiger charge is -2.31. The molecule has 3 aliphatic rings. The van der Waals surface area contributed by atoms with E-state index in [-0.39, 0.29) is 48.4 Å². The summed E-state index contributed by atoms with van der Waals surface area (Å²) in [6.45, 7) is 2.95. The molecule has 4 aromatic rings. The lowest BCUT2D eigenvalue weighted by Crippen LogP contribution is -2.47. The zero-order valence-electron chi connectivity index (χ0n) is 32.4. The molecular formula is C44H45ClF3N5O5. The molecule has 304 valence electrons. The number of aliphatic carboxylic acids is 1. The Bertz CT molecular complexity index is 2260. The molecule has 1 aliphatic heterocycles. The molecular weight excluding hydrogens is 771 g/mol. The van der Waals surface area contributed by atoms with E-state index in [1.165, 1.54) is 7.11 Å². The van der Waals surface area contributed by atoms with E-state index in [9.17, 15) is 33.1 Å². The Labute approximate surface area is 340 Å². The van der Waals surface area contributed by atoms with Gasteiger partial charge >= 0.3 is 12.1 Å². The van der Waals surface area contributed by atoms with Crippen LogP contribution in [0.4, 0.5) is 13.2 Å². The number of methoxy groups -OCH3 is 1. The lowest BCUT2D eigenvalue weighted by molar-refractivity contribution is -0.149. The van der Waals surface area contributed by atoms with Gasteiger partial charge in [-0.15, -0.1) is 0 Å². The molecule has 10 nitrogen and oxygen atoms in total. The number of pyridine rings is 2. The fourth-order valence-electron chi connectivity index (χ4n) is 8.82. The van der Waals surface area contributed by atoms with Gasteiger partial charge in [0.05, 0.1) is 29.1 Å². The van der Waals surface area contributed by atoms with Crippen molar-refractivity contribution in [3.8, 4) is 40.2 Å². The van der Waals surface area contributed by atoms with Crippen molar-refractivity contribution >= 4 is 23.4 Å². The number of alkyl halides is 3. The molecule has 2 aliphatic carbocycles. The van der Waals surface area contributed by atoms with Crippen molar-refractivity contribution in [3.63, 3.8) is 0 Å². The van der Waals surface area contributed by atoms with Crippen LogP contribution >= 0.6 is 11.6 Å². The molecule has 7 rings (SSSR count). The minimum absolute atomic E-state index is 0.0294. The molecule has 2 fully saturated rings. The van der Waals surface area contributed by atoms with Crippen LogP contribution in [0.25, 0.3) is 22.4 Å². The number of fused-ring (bicyclic) bond motifs is 1.